The SMILES string of the molecule is C#Cc1c(F)ccc2cc(O)cc(-c3ncc4c(N5CCCCC(O)C5)nc(OCC56CCCC5N(C)CCC6)nc4c3F)c12.C1OCC2CC12. The van der Waals surface area contributed by atoms with Gasteiger partial charge in [0.1, 0.15) is 28.6 Å². The molecule has 5 aliphatic rings. The van der Waals surface area contributed by atoms with Crippen LogP contribution in [-0.2, 0) is 4.74 Å². The quantitative estimate of drug-likeness (QED) is 0.228. The van der Waals surface area contributed by atoms with Gasteiger partial charge in [-0.1, -0.05) is 18.4 Å². The molecule has 5 unspecified atom stereocenters. The lowest BCUT2D eigenvalue weighted by Crippen LogP contribution is -2.50. The van der Waals surface area contributed by atoms with E-state index in [0.29, 0.717) is 48.7 Å². The summed E-state index contributed by atoms with van der Waals surface area (Å²) in [5, 5.41) is 22.3. The maximum absolute atomic E-state index is 16.8. The van der Waals surface area contributed by atoms with E-state index in [-0.39, 0.29) is 44.9 Å². The predicted octanol–water partition coefficient (Wildman–Crippen LogP) is 6.46. The van der Waals surface area contributed by atoms with Crippen molar-refractivity contribution in [3.8, 4) is 35.4 Å². The first kappa shape index (κ1) is 34.0. The van der Waals surface area contributed by atoms with Crippen LogP contribution in [0.25, 0.3) is 32.9 Å². The number of rotatable bonds is 5. The predicted molar refractivity (Wildman–Crippen MR) is 192 cm³/mol. The number of nitrogens with zero attached hydrogens (tertiary/aromatic N) is 5. The molecule has 2 aromatic heterocycles. The third-order valence-corrected chi connectivity index (χ3v) is 11.8. The molecule has 0 amide bonds. The Labute approximate surface area is 297 Å². The van der Waals surface area contributed by atoms with E-state index in [4.69, 9.17) is 20.9 Å². The number of terminal acetylenes is 1. The van der Waals surface area contributed by atoms with Crippen LogP contribution in [0.1, 0.15) is 63.4 Å². The molecule has 5 fully saturated rings. The monoisotopic (exact) mass is 697 g/mol. The summed E-state index contributed by atoms with van der Waals surface area (Å²) in [5.74, 6) is 3.28. The Bertz CT molecular complexity index is 2000. The minimum atomic E-state index is -0.759. The highest BCUT2D eigenvalue weighted by Crippen LogP contribution is 2.48. The van der Waals surface area contributed by atoms with E-state index < -0.39 is 17.7 Å². The number of hydrogen-bond donors (Lipinski definition) is 2. The molecule has 0 spiro atoms. The van der Waals surface area contributed by atoms with Gasteiger partial charge in [0, 0.05) is 54.9 Å². The van der Waals surface area contributed by atoms with E-state index in [1.165, 1.54) is 36.9 Å². The molecule has 5 atom stereocenters. The van der Waals surface area contributed by atoms with Crippen molar-refractivity contribution in [2.24, 2.45) is 17.3 Å². The first-order chi connectivity index (χ1) is 24.7. The number of anilines is 1. The number of benzene rings is 2. The van der Waals surface area contributed by atoms with Gasteiger partial charge in [-0.25, -0.2) is 8.78 Å². The third-order valence-electron chi connectivity index (χ3n) is 11.8. The normalized spacial score (nSPS) is 27.3. The van der Waals surface area contributed by atoms with E-state index >= 15 is 4.39 Å². The van der Waals surface area contributed by atoms with Crippen LogP contribution in [0, 0.1) is 41.2 Å². The number of aromatic hydroxyl groups is 1. The second kappa shape index (κ2) is 13.8. The van der Waals surface area contributed by atoms with Crippen molar-refractivity contribution >= 4 is 27.5 Å². The molecule has 3 saturated heterocycles. The fraction of sp³-hybridized carbons (Fsp3) is 0.525. The van der Waals surface area contributed by atoms with Crippen molar-refractivity contribution in [1.82, 2.24) is 19.9 Å². The lowest BCUT2D eigenvalue weighted by atomic mass is 9.76. The van der Waals surface area contributed by atoms with Crippen molar-refractivity contribution < 1.29 is 28.5 Å². The molecule has 9 rings (SSSR count). The van der Waals surface area contributed by atoms with Gasteiger partial charge in [0.05, 0.1) is 23.7 Å². The summed E-state index contributed by atoms with van der Waals surface area (Å²) in [4.78, 5) is 18.3. The van der Waals surface area contributed by atoms with Crippen LogP contribution >= 0.6 is 0 Å². The zero-order valence-corrected chi connectivity index (χ0v) is 29.1. The highest BCUT2D eigenvalue weighted by Gasteiger charge is 2.47. The molecule has 2 aromatic carbocycles. The standard InChI is InChI=1S/C35H37F2N5O3.C5H8O/c1-3-24-27(36)11-10-21-16-23(44)17-25(29(21)24)31-30(37)32-26(18-38-31)33(42-15-5-4-8-22(43)19-42)40-34(39-32)45-20-35-12-6-9-28(35)41(2)14-7-13-35;1-4-2-6-3-5(1)4/h1,10-11,16-18,22,28,43-44H,4-9,12-15,19-20H2,2H3;4-5H,1-3H2. The van der Waals surface area contributed by atoms with Gasteiger partial charge in [-0.15, -0.1) is 6.42 Å². The van der Waals surface area contributed by atoms with Gasteiger partial charge in [-0.05, 0) is 100 Å². The highest BCUT2D eigenvalue weighted by molar-refractivity contribution is 6.03. The van der Waals surface area contributed by atoms with Crippen molar-refractivity contribution in [3.05, 3.63) is 47.7 Å². The number of phenols is 1. The second-order valence-electron chi connectivity index (χ2n) is 15.2. The van der Waals surface area contributed by atoms with Gasteiger partial charge >= 0.3 is 6.01 Å². The third kappa shape index (κ3) is 6.47. The smallest absolute Gasteiger partial charge is 0.319 e. The van der Waals surface area contributed by atoms with Crippen molar-refractivity contribution in [3.63, 3.8) is 0 Å². The number of aliphatic hydroxyl groups excluding tert-OH is 1. The number of phenolic OH excluding ortho intramolecular Hbond substituents is 1. The summed E-state index contributed by atoms with van der Waals surface area (Å²) in [6.45, 7) is 4.58. The Hall–Kier alpha value is -4.11. The van der Waals surface area contributed by atoms with Gasteiger partial charge in [-0.3, -0.25) is 4.98 Å². The Morgan fingerprint density at radius 2 is 1.88 bits per heavy atom. The molecule has 2 aliphatic carbocycles. The van der Waals surface area contributed by atoms with Crippen LogP contribution in [-0.4, -0.2) is 88.7 Å². The Morgan fingerprint density at radius 1 is 1.06 bits per heavy atom. The van der Waals surface area contributed by atoms with Gasteiger partial charge in [0.15, 0.2) is 5.82 Å². The summed E-state index contributed by atoms with van der Waals surface area (Å²) in [6.07, 6.45) is 15.9. The van der Waals surface area contributed by atoms with Crippen LogP contribution in [0.2, 0.25) is 0 Å². The Balaban J connectivity index is 0.000000558. The van der Waals surface area contributed by atoms with Gasteiger partial charge in [0.2, 0.25) is 0 Å². The lowest BCUT2D eigenvalue weighted by molar-refractivity contribution is 0.0133. The molecule has 9 nitrogen and oxygen atoms in total. The fourth-order valence-corrected chi connectivity index (χ4v) is 9.05. The van der Waals surface area contributed by atoms with E-state index in [9.17, 15) is 14.6 Å². The van der Waals surface area contributed by atoms with Gasteiger partial charge in [-0.2, -0.15) is 9.97 Å². The summed E-state index contributed by atoms with van der Waals surface area (Å²) in [7, 11) is 2.17. The highest BCUT2D eigenvalue weighted by atomic mass is 19.1. The lowest BCUT2D eigenvalue weighted by Gasteiger charge is -2.44. The number of piperidine rings is 1. The Kier molecular flexibility index (Phi) is 9.19. The zero-order valence-electron chi connectivity index (χ0n) is 29.1. The molecule has 268 valence electrons. The molecule has 5 heterocycles. The molecular formula is C40H45F2N5O4. The molecule has 2 saturated carbocycles. The number of likely N-dealkylation sites (tertiary alicyclic amines) is 1. The van der Waals surface area contributed by atoms with Gasteiger partial charge in [0.25, 0.3) is 0 Å². The van der Waals surface area contributed by atoms with E-state index in [1.807, 2.05) is 4.90 Å². The molecule has 51 heavy (non-hydrogen) atoms. The number of fused-ring (bicyclic) bond motifs is 4. The van der Waals surface area contributed by atoms with E-state index in [2.05, 4.69) is 27.8 Å². The number of ether oxygens (including phenoxy) is 2. The largest absolute Gasteiger partial charge is 0.508 e. The van der Waals surface area contributed by atoms with E-state index in [1.54, 1.807) is 0 Å². The zero-order chi connectivity index (χ0) is 35.3. The van der Waals surface area contributed by atoms with Crippen molar-refractivity contribution in [2.45, 2.75) is 69.9 Å². The number of β-amino-alcohol motifs (C(OH)–C–C–N with tert-alkyl or cyclic N) is 1. The number of pyridine rings is 1. The molecule has 4 aromatic rings. The summed E-state index contributed by atoms with van der Waals surface area (Å²) in [5.41, 5.74) is -0.0294. The second-order valence-corrected chi connectivity index (χ2v) is 15.2. The fourth-order valence-electron chi connectivity index (χ4n) is 9.05. The van der Waals surface area contributed by atoms with Crippen LogP contribution < -0.4 is 9.64 Å². The average molecular weight is 698 g/mol. The molecule has 11 heteroatoms. The Morgan fingerprint density at radius 3 is 2.65 bits per heavy atom. The maximum atomic E-state index is 16.8. The maximum Gasteiger partial charge on any atom is 0.319 e. The molecular weight excluding hydrogens is 652 g/mol. The first-order valence-corrected chi connectivity index (χ1v) is 18.4. The number of halogens is 2. The summed E-state index contributed by atoms with van der Waals surface area (Å²) < 4.78 is 43.1. The molecule has 2 N–H and O–H groups in total. The number of hydrogen-bond acceptors (Lipinski definition) is 9. The van der Waals surface area contributed by atoms with E-state index in [0.717, 1.165) is 76.5 Å². The molecule has 0 bridgehead atoms. The van der Waals surface area contributed by atoms with Crippen molar-refractivity contribution in [1.29, 1.82) is 0 Å². The molecule has 3 aliphatic heterocycles. The van der Waals surface area contributed by atoms with Gasteiger partial charge < -0.3 is 29.5 Å². The van der Waals surface area contributed by atoms with Crippen LogP contribution in [0.4, 0.5) is 14.6 Å². The minimum absolute atomic E-state index is 0.00451. The number of aliphatic hydroxyl groups is 1. The average Bonchev–Trinajstić information content (AvgIpc) is 3.57. The van der Waals surface area contributed by atoms with Crippen LogP contribution in [0.5, 0.6) is 11.8 Å². The first-order valence-electron chi connectivity index (χ1n) is 18.4. The number of aromatic nitrogens is 3. The topological polar surface area (TPSA) is 104 Å². The summed E-state index contributed by atoms with van der Waals surface area (Å²) in [6, 6.07) is 5.99. The van der Waals surface area contributed by atoms with Crippen LogP contribution in [0.3, 0.4) is 0 Å². The molecule has 0 radical (unpaired) electrons. The summed E-state index contributed by atoms with van der Waals surface area (Å²) >= 11 is 0. The van der Waals surface area contributed by atoms with Crippen molar-refractivity contribution in [2.75, 3.05) is 51.4 Å². The van der Waals surface area contributed by atoms with Crippen LogP contribution in [0.15, 0.2) is 30.5 Å². The minimum Gasteiger partial charge on any atom is -0.508 e.